The molecule has 1 aromatic heterocycles. The number of carbonyl (C=O) groups excluding carboxylic acids is 1. The molecule has 0 fully saturated rings. The van der Waals surface area contributed by atoms with E-state index in [0.717, 1.165) is 5.56 Å². The van der Waals surface area contributed by atoms with Crippen molar-refractivity contribution in [2.24, 2.45) is 0 Å². The van der Waals surface area contributed by atoms with Crippen LogP contribution < -0.4 is 0 Å². The number of aryl methyl sites for hydroxylation is 1. The fraction of sp³-hybridized carbons (Fsp3) is 0.333. The van der Waals surface area contributed by atoms with Gasteiger partial charge in [-0.15, -0.1) is 11.6 Å². The summed E-state index contributed by atoms with van der Waals surface area (Å²) in [6, 6.07) is 7.79. The zero-order valence-corrected chi connectivity index (χ0v) is 14.0. The highest BCUT2D eigenvalue weighted by Crippen LogP contribution is 2.22. The third kappa shape index (κ3) is 4.31. The van der Waals surface area contributed by atoms with Crippen molar-refractivity contribution < 1.29 is 4.79 Å². The van der Waals surface area contributed by atoms with Gasteiger partial charge >= 0.3 is 0 Å². The molecule has 116 valence electrons. The SMILES string of the molecule is CC(C)(C)c1ccc(C(=O)C=Cc2cnn(CCCl)c2)cc1. The van der Waals surface area contributed by atoms with Gasteiger partial charge in [0.15, 0.2) is 5.78 Å². The Kier molecular flexibility index (Phi) is 5.19. The van der Waals surface area contributed by atoms with Gasteiger partial charge in [0.2, 0.25) is 0 Å². The fourth-order valence-corrected chi connectivity index (χ4v) is 2.25. The highest BCUT2D eigenvalue weighted by molar-refractivity contribution is 6.17. The summed E-state index contributed by atoms with van der Waals surface area (Å²) in [4.78, 5) is 12.2. The summed E-state index contributed by atoms with van der Waals surface area (Å²) in [5, 5.41) is 4.16. The number of ketones is 1. The van der Waals surface area contributed by atoms with E-state index in [-0.39, 0.29) is 11.2 Å². The lowest BCUT2D eigenvalue weighted by Gasteiger charge is -2.18. The molecular weight excluding hydrogens is 296 g/mol. The summed E-state index contributed by atoms with van der Waals surface area (Å²) in [5.41, 5.74) is 2.89. The molecule has 0 saturated heterocycles. The van der Waals surface area contributed by atoms with Gasteiger partial charge < -0.3 is 0 Å². The van der Waals surface area contributed by atoms with Gasteiger partial charge in [-0.1, -0.05) is 45.0 Å². The van der Waals surface area contributed by atoms with Crippen molar-refractivity contribution in [2.75, 3.05) is 5.88 Å². The van der Waals surface area contributed by atoms with Gasteiger partial charge in [-0.25, -0.2) is 0 Å². The minimum atomic E-state index is -0.00875. The zero-order valence-electron chi connectivity index (χ0n) is 13.2. The molecule has 0 saturated carbocycles. The average molecular weight is 317 g/mol. The summed E-state index contributed by atoms with van der Waals surface area (Å²) in [7, 11) is 0. The fourth-order valence-electron chi connectivity index (χ4n) is 2.08. The monoisotopic (exact) mass is 316 g/mol. The van der Waals surface area contributed by atoms with E-state index < -0.39 is 0 Å². The third-order valence-electron chi connectivity index (χ3n) is 3.43. The number of allylic oxidation sites excluding steroid dienone is 1. The van der Waals surface area contributed by atoms with Crippen LogP contribution in [0.2, 0.25) is 0 Å². The van der Waals surface area contributed by atoms with Gasteiger partial charge in [-0.3, -0.25) is 9.48 Å². The number of alkyl halides is 1. The Balaban J connectivity index is 2.06. The molecule has 3 nitrogen and oxygen atoms in total. The van der Waals surface area contributed by atoms with E-state index in [1.807, 2.05) is 30.5 Å². The van der Waals surface area contributed by atoms with Gasteiger partial charge in [-0.2, -0.15) is 5.10 Å². The topological polar surface area (TPSA) is 34.9 Å². The predicted octanol–water partition coefficient (Wildman–Crippen LogP) is 4.32. The van der Waals surface area contributed by atoms with Crippen molar-refractivity contribution in [2.45, 2.75) is 32.7 Å². The van der Waals surface area contributed by atoms with Crippen LogP contribution in [0, 0.1) is 0 Å². The second kappa shape index (κ2) is 6.93. The summed E-state index contributed by atoms with van der Waals surface area (Å²) in [6.07, 6.45) is 6.94. The van der Waals surface area contributed by atoms with Gasteiger partial charge in [-0.05, 0) is 23.1 Å². The van der Waals surface area contributed by atoms with Gasteiger partial charge in [0, 0.05) is 23.2 Å². The van der Waals surface area contributed by atoms with Crippen molar-refractivity contribution >= 4 is 23.5 Å². The standard InChI is InChI=1S/C18H21ClN2O/c1-18(2,3)16-7-5-15(6-8-16)17(22)9-4-14-12-20-21(13-14)11-10-19/h4-9,12-13H,10-11H2,1-3H3. The molecule has 0 unspecified atom stereocenters. The first-order chi connectivity index (χ1) is 10.4. The van der Waals surface area contributed by atoms with Crippen LogP contribution in [0.5, 0.6) is 0 Å². The van der Waals surface area contributed by atoms with Crippen LogP contribution in [-0.2, 0) is 12.0 Å². The van der Waals surface area contributed by atoms with E-state index in [2.05, 4.69) is 25.9 Å². The maximum absolute atomic E-state index is 12.2. The minimum absolute atomic E-state index is 0.00875. The average Bonchev–Trinajstić information content (AvgIpc) is 2.92. The smallest absolute Gasteiger partial charge is 0.185 e. The van der Waals surface area contributed by atoms with Crippen molar-refractivity contribution in [3.63, 3.8) is 0 Å². The predicted molar refractivity (Wildman–Crippen MR) is 91.5 cm³/mol. The van der Waals surface area contributed by atoms with Crippen molar-refractivity contribution in [1.29, 1.82) is 0 Å². The highest BCUT2D eigenvalue weighted by Gasteiger charge is 2.13. The normalized spacial score (nSPS) is 12.0. The molecule has 2 rings (SSSR count). The number of rotatable bonds is 5. The molecule has 0 aliphatic heterocycles. The first-order valence-electron chi connectivity index (χ1n) is 7.31. The van der Waals surface area contributed by atoms with Crippen molar-refractivity contribution in [3.05, 3.63) is 59.4 Å². The number of hydrogen-bond acceptors (Lipinski definition) is 2. The first kappa shape index (κ1) is 16.5. The van der Waals surface area contributed by atoms with Crippen LogP contribution in [0.4, 0.5) is 0 Å². The number of halogens is 1. The number of nitrogens with zero attached hydrogens (tertiary/aromatic N) is 2. The Hall–Kier alpha value is -1.87. The Bertz CT molecular complexity index is 663. The van der Waals surface area contributed by atoms with Crippen LogP contribution in [0.15, 0.2) is 42.7 Å². The molecule has 1 aromatic carbocycles. The highest BCUT2D eigenvalue weighted by atomic mass is 35.5. The Labute approximate surface area is 136 Å². The van der Waals surface area contributed by atoms with Crippen LogP contribution in [0.25, 0.3) is 6.08 Å². The first-order valence-corrected chi connectivity index (χ1v) is 7.85. The lowest BCUT2D eigenvalue weighted by molar-refractivity contribution is 0.104. The molecular formula is C18H21ClN2O. The van der Waals surface area contributed by atoms with Crippen molar-refractivity contribution in [1.82, 2.24) is 9.78 Å². The minimum Gasteiger partial charge on any atom is -0.289 e. The van der Waals surface area contributed by atoms with Gasteiger partial charge in [0.1, 0.15) is 0 Å². The molecule has 0 aliphatic rings. The van der Waals surface area contributed by atoms with E-state index in [1.165, 1.54) is 5.56 Å². The number of hydrogen-bond donors (Lipinski definition) is 0. The molecule has 0 aliphatic carbocycles. The number of aromatic nitrogens is 2. The quantitative estimate of drug-likeness (QED) is 0.468. The molecule has 0 bridgehead atoms. The second-order valence-corrected chi connectivity index (χ2v) is 6.63. The maximum Gasteiger partial charge on any atom is 0.185 e. The molecule has 0 amide bonds. The number of benzene rings is 1. The second-order valence-electron chi connectivity index (χ2n) is 6.25. The van der Waals surface area contributed by atoms with E-state index in [1.54, 1.807) is 23.0 Å². The lowest BCUT2D eigenvalue weighted by Crippen LogP contribution is -2.11. The molecule has 0 spiro atoms. The van der Waals surface area contributed by atoms with E-state index >= 15 is 0 Å². The molecule has 0 radical (unpaired) electrons. The molecule has 0 atom stereocenters. The van der Waals surface area contributed by atoms with Crippen molar-refractivity contribution in [3.8, 4) is 0 Å². The molecule has 0 N–H and O–H groups in total. The third-order valence-corrected chi connectivity index (χ3v) is 3.60. The summed E-state index contributed by atoms with van der Waals surface area (Å²) < 4.78 is 1.76. The van der Waals surface area contributed by atoms with E-state index in [9.17, 15) is 4.79 Å². The van der Waals surface area contributed by atoms with Crippen LogP contribution in [0.3, 0.4) is 0 Å². The van der Waals surface area contributed by atoms with E-state index in [0.29, 0.717) is 18.0 Å². The molecule has 4 heteroatoms. The van der Waals surface area contributed by atoms with Crippen LogP contribution in [-0.4, -0.2) is 21.4 Å². The summed E-state index contributed by atoms with van der Waals surface area (Å²) >= 11 is 5.66. The Morgan fingerprint density at radius 3 is 2.55 bits per heavy atom. The van der Waals surface area contributed by atoms with Gasteiger partial charge in [0.05, 0.1) is 12.7 Å². The van der Waals surface area contributed by atoms with E-state index in [4.69, 9.17) is 11.6 Å². The molecule has 22 heavy (non-hydrogen) atoms. The zero-order chi connectivity index (χ0) is 16.2. The number of carbonyl (C=O) groups is 1. The van der Waals surface area contributed by atoms with Crippen LogP contribution >= 0.6 is 11.6 Å². The van der Waals surface area contributed by atoms with Gasteiger partial charge in [0.25, 0.3) is 0 Å². The largest absolute Gasteiger partial charge is 0.289 e. The summed E-state index contributed by atoms with van der Waals surface area (Å²) in [5.74, 6) is 0.509. The Morgan fingerprint density at radius 2 is 1.95 bits per heavy atom. The molecule has 1 heterocycles. The van der Waals surface area contributed by atoms with Crippen LogP contribution in [0.1, 0.15) is 42.3 Å². The summed E-state index contributed by atoms with van der Waals surface area (Å²) in [6.45, 7) is 7.13. The lowest BCUT2D eigenvalue weighted by atomic mass is 9.86. The Morgan fingerprint density at radius 1 is 1.27 bits per heavy atom. The molecule has 2 aromatic rings. The maximum atomic E-state index is 12.2.